The van der Waals surface area contributed by atoms with E-state index in [9.17, 15) is 0 Å². The van der Waals surface area contributed by atoms with Crippen molar-refractivity contribution < 1.29 is 0 Å². The topological polar surface area (TPSA) is 12.4 Å². The van der Waals surface area contributed by atoms with E-state index in [1.54, 1.807) is 0 Å². The number of hydrogen-bond donors (Lipinski definition) is 0. The van der Waals surface area contributed by atoms with Gasteiger partial charge in [0.15, 0.2) is 12.0 Å². The number of unbranched alkanes of at least 4 members (excludes halogenated alkanes) is 22. The highest BCUT2D eigenvalue weighted by Crippen LogP contribution is 2.38. The van der Waals surface area contributed by atoms with Gasteiger partial charge in [-0.2, -0.15) is 4.99 Å². The molecule has 2 heteroatoms. The Morgan fingerprint density at radius 1 is 0.459 bits per heavy atom. The molecule has 212 valence electrons. The molecule has 0 radical (unpaired) electrons. The maximum atomic E-state index is 4.85. The van der Waals surface area contributed by atoms with Crippen LogP contribution < -0.4 is 4.48 Å². The summed E-state index contributed by atoms with van der Waals surface area (Å²) in [4.78, 5) is 4.85. The summed E-state index contributed by atoms with van der Waals surface area (Å²) in [5.74, 6) is 0. The molecule has 0 aliphatic carbocycles. The average Bonchev–Trinajstić information content (AvgIpc) is 3.28. The number of rotatable bonds is 26. The monoisotopic (exact) mass is 511 g/mol. The first kappa shape index (κ1) is 32.1. The normalized spacial score (nSPS) is 13.9. The van der Waals surface area contributed by atoms with Gasteiger partial charge in [-0.15, -0.1) is 0 Å². The van der Waals surface area contributed by atoms with Crippen molar-refractivity contribution in [1.82, 2.24) is 4.48 Å². The molecule has 2 rings (SSSR count). The fraction of sp³-hybridized carbons (Fsp3) is 0.800. The van der Waals surface area contributed by atoms with Crippen LogP contribution in [0.4, 0.5) is 11.4 Å². The van der Waals surface area contributed by atoms with Gasteiger partial charge in [-0.3, -0.25) is 0 Å². The lowest BCUT2D eigenvalue weighted by Crippen LogP contribution is -2.48. The molecular weight excluding hydrogens is 448 g/mol. The number of para-hydroxylation sites is 2. The summed E-state index contributed by atoms with van der Waals surface area (Å²) in [5, 5.41) is 0. The fourth-order valence-corrected chi connectivity index (χ4v) is 6.12. The molecule has 0 aromatic heterocycles. The Labute approximate surface area is 232 Å². The second-order valence-electron chi connectivity index (χ2n) is 12.0. The van der Waals surface area contributed by atoms with Gasteiger partial charge in [-0.1, -0.05) is 154 Å². The van der Waals surface area contributed by atoms with Crippen molar-refractivity contribution >= 4 is 17.7 Å². The van der Waals surface area contributed by atoms with Gasteiger partial charge in [0.2, 0.25) is 0 Å². The van der Waals surface area contributed by atoms with Crippen LogP contribution in [0.5, 0.6) is 0 Å². The number of nitrogens with zero attached hydrogens (tertiary/aromatic N) is 2. The molecule has 0 spiro atoms. The second kappa shape index (κ2) is 21.7. The van der Waals surface area contributed by atoms with Crippen molar-refractivity contribution in [2.45, 2.75) is 168 Å². The van der Waals surface area contributed by atoms with Crippen LogP contribution in [0, 0.1) is 0 Å². The van der Waals surface area contributed by atoms with Gasteiger partial charge in [0.1, 0.15) is 5.69 Å². The van der Waals surface area contributed by atoms with Gasteiger partial charge < -0.3 is 0 Å². The van der Waals surface area contributed by atoms with Crippen LogP contribution in [0.2, 0.25) is 0 Å². The van der Waals surface area contributed by atoms with Crippen molar-refractivity contribution in [3.63, 3.8) is 0 Å². The van der Waals surface area contributed by atoms with Crippen molar-refractivity contribution in [3.8, 4) is 0 Å². The lowest BCUT2D eigenvalue weighted by atomic mass is 10.0. The lowest BCUT2D eigenvalue weighted by molar-refractivity contribution is 0.391. The van der Waals surface area contributed by atoms with Crippen LogP contribution in [0.1, 0.15) is 168 Å². The maximum absolute atomic E-state index is 4.85. The zero-order valence-corrected chi connectivity index (χ0v) is 25.2. The van der Waals surface area contributed by atoms with Crippen LogP contribution in [0.15, 0.2) is 29.3 Å². The van der Waals surface area contributed by atoms with E-state index < -0.39 is 0 Å². The van der Waals surface area contributed by atoms with Crippen LogP contribution in [-0.4, -0.2) is 19.4 Å². The summed E-state index contributed by atoms with van der Waals surface area (Å²) in [6, 6.07) is 8.90. The first-order valence-electron chi connectivity index (χ1n) is 16.8. The third-order valence-electron chi connectivity index (χ3n) is 8.60. The third-order valence-corrected chi connectivity index (χ3v) is 8.60. The van der Waals surface area contributed by atoms with E-state index in [1.165, 1.54) is 179 Å². The number of aliphatic imine (C=N–C) groups is 1. The number of quaternary nitrogens is 1. The molecule has 0 saturated carbocycles. The smallest absolute Gasteiger partial charge is 0.195 e. The minimum atomic E-state index is 1.01. The minimum absolute atomic E-state index is 1.01. The molecule has 0 bridgehead atoms. The molecule has 1 aliphatic rings. The van der Waals surface area contributed by atoms with E-state index in [0.29, 0.717) is 0 Å². The molecular formula is C35H63N2+. The molecule has 0 unspecified atom stereocenters. The average molecular weight is 512 g/mol. The highest BCUT2D eigenvalue weighted by Gasteiger charge is 2.34. The zero-order valence-electron chi connectivity index (χ0n) is 25.2. The van der Waals surface area contributed by atoms with E-state index in [0.717, 1.165) is 4.48 Å². The summed E-state index contributed by atoms with van der Waals surface area (Å²) in [6.07, 6.45) is 36.3. The van der Waals surface area contributed by atoms with Crippen LogP contribution in [0.3, 0.4) is 0 Å². The summed E-state index contributed by atoms with van der Waals surface area (Å²) in [6.45, 7) is 7.07. The van der Waals surface area contributed by atoms with Gasteiger partial charge in [-0.05, 0) is 31.7 Å². The Balaban J connectivity index is 1.57. The van der Waals surface area contributed by atoms with Crippen molar-refractivity contribution in [2.24, 2.45) is 4.99 Å². The van der Waals surface area contributed by atoms with Crippen molar-refractivity contribution in [2.75, 3.05) is 13.1 Å². The molecule has 1 aromatic rings. The van der Waals surface area contributed by atoms with Gasteiger partial charge in [0, 0.05) is 6.07 Å². The number of benzene rings is 1. The van der Waals surface area contributed by atoms with Gasteiger partial charge in [-0.25, -0.2) is 4.48 Å². The SMILES string of the molecule is CCCCCCCCCCCCCC[N+]1(CCCCCCCCCCCCCC)C=Nc2ccccc21. The second-order valence-corrected chi connectivity index (χ2v) is 12.0. The molecule has 0 fully saturated rings. The van der Waals surface area contributed by atoms with E-state index in [-0.39, 0.29) is 0 Å². The van der Waals surface area contributed by atoms with Crippen molar-refractivity contribution in [1.29, 1.82) is 0 Å². The first-order chi connectivity index (χ1) is 18.3. The summed E-state index contributed by atoms with van der Waals surface area (Å²) < 4.78 is 1.01. The van der Waals surface area contributed by atoms with Crippen molar-refractivity contribution in [3.05, 3.63) is 24.3 Å². The Kier molecular flexibility index (Phi) is 18.8. The lowest BCUT2D eigenvalue weighted by Gasteiger charge is -2.31. The number of hydrogen-bond acceptors (Lipinski definition) is 1. The molecule has 1 aliphatic heterocycles. The van der Waals surface area contributed by atoms with Crippen LogP contribution >= 0.6 is 0 Å². The van der Waals surface area contributed by atoms with Crippen LogP contribution in [0.25, 0.3) is 0 Å². The predicted octanol–water partition coefficient (Wildman–Crippen LogP) is 12.1. The molecule has 0 saturated heterocycles. The first-order valence-corrected chi connectivity index (χ1v) is 16.8. The molecule has 0 atom stereocenters. The molecule has 0 N–H and O–H groups in total. The summed E-state index contributed by atoms with van der Waals surface area (Å²) >= 11 is 0. The quantitative estimate of drug-likeness (QED) is 0.0866. The van der Waals surface area contributed by atoms with Gasteiger partial charge in [0.25, 0.3) is 0 Å². The highest BCUT2D eigenvalue weighted by atomic mass is 15.4. The minimum Gasteiger partial charge on any atom is -0.247 e. The number of fused-ring (bicyclic) bond motifs is 1. The Hall–Kier alpha value is -1.15. The van der Waals surface area contributed by atoms with Crippen LogP contribution in [-0.2, 0) is 0 Å². The van der Waals surface area contributed by atoms with Gasteiger partial charge >= 0.3 is 0 Å². The summed E-state index contributed by atoms with van der Waals surface area (Å²) in [5.41, 5.74) is 2.66. The van der Waals surface area contributed by atoms with E-state index in [2.05, 4.69) is 44.5 Å². The maximum Gasteiger partial charge on any atom is 0.195 e. The molecule has 1 aromatic carbocycles. The molecule has 0 amide bonds. The molecule has 37 heavy (non-hydrogen) atoms. The van der Waals surface area contributed by atoms with E-state index in [1.807, 2.05) is 0 Å². The standard InChI is InChI=1S/C35H63N2/c1-3-5-7-9-11-13-15-17-19-21-23-27-31-37(33-36-34-29-25-26-30-35(34)37)32-28-24-22-20-18-16-14-12-10-8-6-4-2/h25-26,29-30,33H,3-24,27-28,31-32H2,1-2H3/q+1. The van der Waals surface area contributed by atoms with Gasteiger partial charge in [0.05, 0.1) is 13.1 Å². The largest absolute Gasteiger partial charge is 0.247 e. The third kappa shape index (κ3) is 14.0. The van der Waals surface area contributed by atoms with E-state index in [4.69, 9.17) is 4.99 Å². The zero-order chi connectivity index (χ0) is 26.3. The molecule has 2 nitrogen and oxygen atoms in total. The Morgan fingerprint density at radius 2 is 0.811 bits per heavy atom. The Bertz CT molecular complexity index is 652. The Morgan fingerprint density at radius 3 is 1.22 bits per heavy atom. The highest BCUT2D eigenvalue weighted by molar-refractivity contribution is 5.88. The summed E-state index contributed by atoms with van der Waals surface area (Å²) in [7, 11) is 0. The van der Waals surface area contributed by atoms with E-state index >= 15 is 0 Å². The fourth-order valence-electron chi connectivity index (χ4n) is 6.12. The predicted molar refractivity (Wildman–Crippen MR) is 168 cm³/mol. The molecule has 1 heterocycles.